The zero-order chi connectivity index (χ0) is 13.9. The van der Waals surface area contributed by atoms with Gasteiger partial charge in [0.25, 0.3) is 0 Å². The first-order chi connectivity index (χ1) is 9.81. The fourth-order valence-corrected chi connectivity index (χ4v) is 2.84. The van der Waals surface area contributed by atoms with Gasteiger partial charge in [-0.25, -0.2) is 0 Å². The number of fused-ring (bicyclic) bond motifs is 1. The lowest BCUT2D eigenvalue weighted by Gasteiger charge is -2.25. The molecule has 0 spiro atoms. The quantitative estimate of drug-likeness (QED) is 0.856. The molecule has 0 N–H and O–H groups in total. The zero-order valence-electron chi connectivity index (χ0n) is 11.7. The van der Waals surface area contributed by atoms with Crippen LogP contribution < -0.4 is 4.90 Å². The molecule has 1 aliphatic rings. The van der Waals surface area contributed by atoms with Crippen LogP contribution in [-0.4, -0.2) is 25.7 Å². The summed E-state index contributed by atoms with van der Waals surface area (Å²) in [7, 11) is 0. The van der Waals surface area contributed by atoms with Crippen LogP contribution in [0.2, 0.25) is 0 Å². The van der Waals surface area contributed by atoms with Gasteiger partial charge in [-0.15, -0.1) is 0 Å². The third-order valence-corrected chi connectivity index (χ3v) is 3.92. The molecule has 1 unspecified atom stereocenters. The van der Waals surface area contributed by atoms with Crippen molar-refractivity contribution in [1.29, 1.82) is 0 Å². The van der Waals surface area contributed by atoms with Crippen LogP contribution in [0, 0.1) is 5.92 Å². The second-order valence-electron chi connectivity index (χ2n) is 5.14. The van der Waals surface area contributed by atoms with Gasteiger partial charge >= 0.3 is 0 Å². The fraction of sp³-hybridized carbons (Fsp3) is 0.353. The molecule has 0 radical (unpaired) electrons. The number of nitrogens with zero attached hydrogens (tertiary/aromatic N) is 1. The molecule has 0 saturated carbocycles. The first-order valence-electron chi connectivity index (χ1n) is 7.18. The van der Waals surface area contributed by atoms with Crippen molar-refractivity contribution in [3.63, 3.8) is 0 Å². The number of amides is 1. The maximum atomic E-state index is 12.7. The largest absolute Gasteiger partial charge is 0.381 e. The van der Waals surface area contributed by atoms with E-state index in [0.717, 1.165) is 17.5 Å². The van der Waals surface area contributed by atoms with Gasteiger partial charge in [-0.2, -0.15) is 0 Å². The predicted molar refractivity (Wildman–Crippen MR) is 80.9 cm³/mol. The molecular weight excluding hydrogens is 250 g/mol. The van der Waals surface area contributed by atoms with Crippen LogP contribution in [0.15, 0.2) is 42.5 Å². The van der Waals surface area contributed by atoms with Crippen LogP contribution in [0.25, 0.3) is 10.8 Å². The first kappa shape index (κ1) is 13.1. The van der Waals surface area contributed by atoms with E-state index in [2.05, 4.69) is 18.2 Å². The minimum absolute atomic E-state index is 0.00826. The van der Waals surface area contributed by atoms with Crippen LogP contribution in [0.5, 0.6) is 0 Å². The van der Waals surface area contributed by atoms with Gasteiger partial charge in [-0.3, -0.25) is 4.79 Å². The molecule has 1 fully saturated rings. The van der Waals surface area contributed by atoms with E-state index in [4.69, 9.17) is 4.74 Å². The Hall–Kier alpha value is -1.87. The first-order valence-corrected chi connectivity index (χ1v) is 7.18. The van der Waals surface area contributed by atoms with Crippen LogP contribution in [0.3, 0.4) is 0 Å². The highest BCUT2D eigenvalue weighted by Crippen LogP contribution is 2.28. The lowest BCUT2D eigenvalue weighted by atomic mass is 10.0. The van der Waals surface area contributed by atoms with Crippen molar-refractivity contribution in [2.24, 2.45) is 5.92 Å². The van der Waals surface area contributed by atoms with Gasteiger partial charge in [0, 0.05) is 18.5 Å². The van der Waals surface area contributed by atoms with E-state index >= 15 is 0 Å². The van der Waals surface area contributed by atoms with Crippen molar-refractivity contribution in [1.82, 2.24) is 0 Å². The number of carbonyl (C=O) groups excluding carboxylic acids is 1. The normalized spacial score (nSPS) is 18.4. The van der Waals surface area contributed by atoms with Gasteiger partial charge < -0.3 is 9.64 Å². The highest BCUT2D eigenvalue weighted by Gasteiger charge is 2.28. The molecule has 1 atom stereocenters. The average molecular weight is 269 g/mol. The van der Waals surface area contributed by atoms with E-state index < -0.39 is 0 Å². The van der Waals surface area contributed by atoms with Gasteiger partial charge in [0.05, 0.1) is 18.2 Å². The highest BCUT2D eigenvalue weighted by molar-refractivity contribution is 6.04. The second kappa shape index (κ2) is 5.63. The summed E-state index contributed by atoms with van der Waals surface area (Å²) in [5.41, 5.74) is 1.00. The Labute approximate surface area is 119 Å². The standard InChI is InChI=1S/C17H19NO2/c1-2-18(17(19)14-10-11-20-12-14)16-9-5-7-13-6-3-4-8-15(13)16/h3-9,14H,2,10-12H2,1H3. The van der Waals surface area contributed by atoms with E-state index in [1.807, 2.05) is 36.1 Å². The average Bonchev–Trinajstić information content (AvgIpc) is 3.02. The Bertz CT molecular complexity index is 612. The van der Waals surface area contributed by atoms with E-state index in [0.29, 0.717) is 19.8 Å². The number of hydrogen-bond acceptors (Lipinski definition) is 2. The lowest BCUT2D eigenvalue weighted by Crippen LogP contribution is -2.36. The van der Waals surface area contributed by atoms with Crippen molar-refractivity contribution in [3.05, 3.63) is 42.5 Å². The molecule has 1 aliphatic heterocycles. The molecule has 0 aromatic heterocycles. The van der Waals surface area contributed by atoms with E-state index in [9.17, 15) is 4.79 Å². The summed E-state index contributed by atoms with van der Waals surface area (Å²) >= 11 is 0. The number of benzene rings is 2. The molecule has 0 bridgehead atoms. The number of hydrogen-bond donors (Lipinski definition) is 0. The Morgan fingerprint density at radius 1 is 1.25 bits per heavy atom. The van der Waals surface area contributed by atoms with Crippen molar-refractivity contribution in [3.8, 4) is 0 Å². The smallest absolute Gasteiger partial charge is 0.232 e. The number of rotatable bonds is 3. The third kappa shape index (κ3) is 2.29. The predicted octanol–water partition coefficient (Wildman–Crippen LogP) is 3.23. The maximum Gasteiger partial charge on any atom is 0.232 e. The van der Waals surface area contributed by atoms with Gasteiger partial charge in [0.15, 0.2) is 0 Å². The monoisotopic (exact) mass is 269 g/mol. The van der Waals surface area contributed by atoms with Crippen molar-refractivity contribution in [2.45, 2.75) is 13.3 Å². The summed E-state index contributed by atoms with van der Waals surface area (Å²) in [5, 5.41) is 2.29. The highest BCUT2D eigenvalue weighted by atomic mass is 16.5. The fourth-order valence-electron chi connectivity index (χ4n) is 2.84. The molecule has 3 heteroatoms. The second-order valence-corrected chi connectivity index (χ2v) is 5.14. The Kier molecular flexibility index (Phi) is 3.70. The molecule has 0 aliphatic carbocycles. The summed E-state index contributed by atoms with van der Waals surface area (Å²) in [6.45, 7) is 3.96. The molecule has 2 aromatic carbocycles. The van der Waals surface area contributed by atoms with Crippen molar-refractivity contribution >= 4 is 22.4 Å². The van der Waals surface area contributed by atoms with Gasteiger partial charge in [0.1, 0.15) is 0 Å². The molecule has 104 valence electrons. The van der Waals surface area contributed by atoms with Crippen molar-refractivity contribution in [2.75, 3.05) is 24.7 Å². The topological polar surface area (TPSA) is 29.5 Å². The molecule has 1 amide bonds. The van der Waals surface area contributed by atoms with Gasteiger partial charge in [-0.1, -0.05) is 36.4 Å². The minimum Gasteiger partial charge on any atom is -0.381 e. The van der Waals surface area contributed by atoms with Crippen LogP contribution >= 0.6 is 0 Å². The molecule has 20 heavy (non-hydrogen) atoms. The third-order valence-electron chi connectivity index (χ3n) is 3.92. The lowest BCUT2D eigenvalue weighted by molar-refractivity contribution is -0.122. The van der Waals surface area contributed by atoms with Crippen LogP contribution in [-0.2, 0) is 9.53 Å². The number of ether oxygens (including phenoxy) is 1. The molecule has 1 saturated heterocycles. The van der Waals surface area contributed by atoms with Gasteiger partial charge in [0.2, 0.25) is 5.91 Å². The summed E-state index contributed by atoms with van der Waals surface area (Å²) < 4.78 is 5.35. The Morgan fingerprint density at radius 3 is 2.80 bits per heavy atom. The molecule has 3 nitrogen and oxygen atoms in total. The number of carbonyl (C=O) groups is 1. The molecular formula is C17H19NO2. The summed E-state index contributed by atoms with van der Waals surface area (Å²) in [4.78, 5) is 14.6. The summed E-state index contributed by atoms with van der Waals surface area (Å²) in [6, 6.07) is 14.3. The molecule has 3 rings (SSSR count). The van der Waals surface area contributed by atoms with Crippen molar-refractivity contribution < 1.29 is 9.53 Å². The summed E-state index contributed by atoms with van der Waals surface area (Å²) in [5.74, 6) is 0.190. The SMILES string of the molecule is CCN(C(=O)C1CCOC1)c1cccc2ccccc12. The summed E-state index contributed by atoms with van der Waals surface area (Å²) in [6.07, 6.45) is 0.833. The molecule has 2 aromatic rings. The van der Waals surface area contributed by atoms with Crippen LogP contribution in [0.4, 0.5) is 5.69 Å². The zero-order valence-corrected chi connectivity index (χ0v) is 11.7. The van der Waals surface area contributed by atoms with E-state index in [-0.39, 0.29) is 11.8 Å². The van der Waals surface area contributed by atoms with Crippen LogP contribution in [0.1, 0.15) is 13.3 Å². The maximum absolute atomic E-state index is 12.7. The number of anilines is 1. The molecule has 1 heterocycles. The van der Waals surface area contributed by atoms with Gasteiger partial charge in [-0.05, 0) is 24.8 Å². The Morgan fingerprint density at radius 2 is 2.05 bits per heavy atom. The van der Waals surface area contributed by atoms with E-state index in [1.54, 1.807) is 0 Å². The van der Waals surface area contributed by atoms with E-state index in [1.165, 1.54) is 5.39 Å². The minimum atomic E-state index is 0.00826. The Balaban J connectivity index is 2.00.